The summed E-state index contributed by atoms with van der Waals surface area (Å²) in [6, 6.07) is 7.88. The summed E-state index contributed by atoms with van der Waals surface area (Å²) in [5.41, 5.74) is 1.72. The maximum Gasteiger partial charge on any atom is 0.343 e. The average molecular weight is 361 g/mol. The number of benzene rings is 2. The first-order valence-electron chi connectivity index (χ1n) is 6.30. The van der Waals surface area contributed by atoms with Crippen molar-refractivity contribution in [2.24, 2.45) is 0 Å². The summed E-state index contributed by atoms with van der Waals surface area (Å²) in [7, 11) is -2.79. The molecule has 0 aliphatic carbocycles. The van der Waals surface area contributed by atoms with Crippen LogP contribution in [0.2, 0.25) is 10.0 Å². The third-order valence-electron chi connectivity index (χ3n) is 3.02. The maximum absolute atomic E-state index is 12.5. The fourth-order valence-electron chi connectivity index (χ4n) is 1.96. The second-order valence-corrected chi connectivity index (χ2v) is 7.00. The van der Waals surface area contributed by atoms with Crippen LogP contribution in [-0.4, -0.2) is 15.5 Å². The van der Waals surface area contributed by atoms with E-state index in [1.54, 1.807) is 19.1 Å². The molecule has 7 heteroatoms. The number of rotatable bonds is 4. The molecule has 2 rings (SSSR count). The van der Waals surface area contributed by atoms with Gasteiger partial charge in [-0.15, -0.1) is 0 Å². The molecule has 0 bridgehead atoms. The second kappa shape index (κ2) is 6.36. The van der Waals surface area contributed by atoms with Crippen LogP contribution in [0.25, 0.3) is 0 Å². The monoisotopic (exact) mass is 360 g/mol. The van der Waals surface area contributed by atoms with Crippen LogP contribution in [0.1, 0.15) is 11.1 Å². The molecule has 22 heavy (non-hydrogen) atoms. The molecule has 0 fully saturated rings. The lowest BCUT2D eigenvalue weighted by Crippen LogP contribution is -2.12. The highest BCUT2D eigenvalue weighted by Gasteiger charge is 2.25. The van der Waals surface area contributed by atoms with Gasteiger partial charge in [0.25, 0.3) is 0 Å². The van der Waals surface area contributed by atoms with Gasteiger partial charge in [-0.05, 0) is 37.6 Å². The fraction of sp³-hybridized carbons (Fsp3) is 0.200. The zero-order chi connectivity index (χ0) is 16.5. The van der Waals surface area contributed by atoms with E-state index in [1.807, 2.05) is 13.0 Å². The predicted molar refractivity (Wildman–Crippen MR) is 86.7 cm³/mol. The molecule has 0 amide bonds. The SMILES string of the molecule is COc1c(S(=O)(=O)Oc2ccc(C)cc2C)ccc(Cl)c1Cl. The molecule has 0 unspecified atom stereocenters. The molecule has 0 saturated heterocycles. The molecule has 0 heterocycles. The summed E-state index contributed by atoms with van der Waals surface area (Å²) >= 11 is 11.9. The molecular weight excluding hydrogens is 347 g/mol. The van der Waals surface area contributed by atoms with Crippen LogP contribution in [0.4, 0.5) is 0 Å². The molecule has 4 nitrogen and oxygen atoms in total. The van der Waals surface area contributed by atoms with E-state index >= 15 is 0 Å². The first-order valence-corrected chi connectivity index (χ1v) is 8.46. The van der Waals surface area contributed by atoms with Crippen LogP contribution in [0.5, 0.6) is 11.5 Å². The van der Waals surface area contributed by atoms with Gasteiger partial charge < -0.3 is 8.92 Å². The Morgan fingerprint density at radius 3 is 2.32 bits per heavy atom. The standard InChI is InChI=1S/C15H14Cl2O4S/c1-9-4-6-12(10(2)8-9)21-22(18,19)13-7-5-11(16)14(17)15(13)20-3/h4-8H,1-3H3. The Kier molecular flexibility index (Phi) is 4.90. The molecule has 0 N–H and O–H groups in total. The Bertz CT molecular complexity index is 817. The van der Waals surface area contributed by atoms with E-state index in [0.29, 0.717) is 5.56 Å². The summed E-state index contributed by atoms with van der Waals surface area (Å²) in [6.07, 6.45) is 0. The molecule has 0 aliphatic rings. The molecule has 0 spiro atoms. The molecule has 118 valence electrons. The van der Waals surface area contributed by atoms with Crippen molar-refractivity contribution in [3.63, 3.8) is 0 Å². The fourth-order valence-corrected chi connectivity index (χ4v) is 3.56. The summed E-state index contributed by atoms with van der Waals surface area (Å²) in [6.45, 7) is 3.68. The van der Waals surface area contributed by atoms with Gasteiger partial charge >= 0.3 is 10.1 Å². The molecule has 0 radical (unpaired) electrons. The number of halogens is 2. The highest BCUT2D eigenvalue weighted by molar-refractivity contribution is 7.87. The smallest absolute Gasteiger partial charge is 0.343 e. The Morgan fingerprint density at radius 1 is 1.05 bits per heavy atom. The van der Waals surface area contributed by atoms with Crippen LogP contribution in [0.3, 0.4) is 0 Å². The Morgan fingerprint density at radius 2 is 1.73 bits per heavy atom. The lowest BCUT2D eigenvalue weighted by Gasteiger charge is -2.14. The topological polar surface area (TPSA) is 52.6 Å². The van der Waals surface area contributed by atoms with Crippen LogP contribution < -0.4 is 8.92 Å². The second-order valence-electron chi connectivity index (χ2n) is 4.70. The summed E-state index contributed by atoms with van der Waals surface area (Å²) < 4.78 is 35.2. The Labute approximate surface area is 139 Å². The summed E-state index contributed by atoms with van der Waals surface area (Å²) in [5, 5.41) is 0.221. The minimum atomic E-state index is -4.10. The lowest BCUT2D eigenvalue weighted by molar-refractivity contribution is 0.398. The number of ether oxygens (including phenoxy) is 1. The maximum atomic E-state index is 12.5. The molecule has 0 atom stereocenters. The van der Waals surface area contributed by atoms with Gasteiger partial charge in [-0.3, -0.25) is 0 Å². The normalized spacial score (nSPS) is 11.3. The van der Waals surface area contributed by atoms with E-state index in [2.05, 4.69) is 0 Å². The largest absolute Gasteiger partial charge is 0.494 e. The average Bonchev–Trinajstić information content (AvgIpc) is 2.44. The summed E-state index contributed by atoms with van der Waals surface area (Å²) in [5.74, 6) is 0.206. The zero-order valence-corrected chi connectivity index (χ0v) is 14.5. The Balaban J connectivity index is 2.49. The van der Waals surface area contributed by atoms with Crippen molar-refractivity contribution >= 4 is 33.3 Å². The Hall–Kier alpha value is -1.43. The van der Waals surface area contributed by atoms with Gasteiger partial charge in [-0.25, -0.2) is 0 Å². The minimum absolute atomic E-state index is 0.0227. The molecule has 0 aromatic heterocycles. The third kappa shape index (κ3) is 3.32. The lowest BCUT2D eigenvalue weighted by atomic mass is 10.1. The van der Waals surface area contributed by atoms with Gasteiger partial charge in [0.05, 0.1) is 12.1 Å². The molecule has 0 saturated carbocycles. The van der Waals surface area contributed by atoms with E-state index in [9.17, 15) is 8.42 Å². The van der Waals surface area contributed by atoms with Gasteiger partial charge in [-0.1, -0.05) is 40.9 Å². The number of methoxy groups -OCH3 is 1. The highest BCUT2D eigenvalue weighted by atomic mass is 35.5. The molecule has 2 aromatic rings. The highest BCUT2D eigenvalue weighted by Crippen LogP contribution is 2.38. The van der Waals surface area contributed by atoms with E-state index in [4.69, 9.17) is 32.1 Å². The van der Waals surface area contributed by atoms with Gasteiger partial charge in [0.2, 0.25) is 0 Å². The van der Waals surface area contributed by atoms with Gasteiger partial charge in [-0.2, -0.15) is 8.42 Å². The van der Waals surface area contributed by atoms with Crippen molar-refractivity contribution < 1.29 is 17.3 Å². The van der Waals surface area contributed by atoms with Gasteiger partial charge in [0, 0.05) is 0 Å². The zero-order valence-electron chi connectivity index (χ0n) is 12.2. The number of aryl methyl sites for hydroxylation is 2. The van der Waals surface area contributed by atoms with Crippen LogP contribution >= 0.6 is 23.2 Å². The predicted octanol–water partition coefficient (Wildman–Crippen LogP) is 4.39. The van der Waals surface area contributed by atoms with Gasteiger partial charge in [0.1, 0.15) is 15.7 Å². The molecule has 0 aliphatic heterocycles. The van der Waals surface area contributed by atoms with Crippen LogP contribution in [0, 0.1) is 13.8 Å². The third-order valence-corrected chi connectivity index (χ3v) is 5.06. The van der Waals surface area contributed by atoms with E-state index in [0.717, 1.165) is 5.56 Å². The molecule has 2 aromatic carbocycles. The van der Waals surface area contributed by atoms with Crippen molar-refractivity contribution in [1.29, 1.82) is 0 Å². The van der Waals surface area contributed by atoms with Crippen molar-refractivity contribution in [2.75, 3.05) is 7.11 Å². The van der Waals surface area contributed by atoms with Crippen LogP contribution in [-0.2, 0) is 10.1 Å². The van der Waals surface area contributed by atoms with Crippen molar-refractivity contribution in [1.82, 2.24) is 0 Å². The number of hydrogen-bond acceptors (Lipinski definition) is 4. The van der Waals surface area contributed by atoms with Crippen molar-refractivity contribution in [3.05, 3.63) is 51.5 Å². The first-order chi connectivity index (χ1) is 10.3. The van der Waals surface area contributed by atoms with Crippen LogP contribution in [0.15, 0.2) is 35.2 Å². The van der Waals surface area contributed by atoms with E-state index in [1.165, 1.54) is 19.2 Å². The number of hydrogen-bond donors (Lipinski definition) is 0. The van der Waals surface area contributed by atoms with Crippen molar-refractivity contribution in [3.8, 4) is 11.5 Å². The molecular formula is C15H14Cl2O4S. The first kappa shape index (κ1) is 16.9. The van der Waals surface area contributed by atoms with Crippen molar-refractivity contribution in [2.45, 2.75) is 18.7 Å². The van der Waals surface area contributed by atoms with E-state index < -0.39 is 10.1 Å². The van der Waals surface area contributed by atoms with Gasteiger partial charge in [0.15, 0.2) is 5.75 Å². The summed E-state index contributed by atoms with van der Waals surface area (Å²) in [4.78, 5) is -0.177. The minimum Gasteiger partial charge on any atom is -0.494 e. The van der Waals surface area contributed by atoms with E-state index in [-0.39, 0.29) is 26.4 Å². The quantitative estimate of drug-likeness (QED) is 0.758.